The van der Waals surface area contributed by atoms with Crippen molar-refractivity contribution < 1.29 is 9.90 Å². The van der Waals surface area contributed by atoms with Crippen LogP contribution in [0.1, 0.15) is 18.5 Å². The molecular weight excluding hydrogens is 242 g/mol. The fourth-order valence-corrected chi connectivity index (χ4v) is 2.73. The van der Waals surface area contributed by atoms with Crippen LogP contribution in [0.5, 0.6) is 0 Å². The summed E-state index contributed by atoms with van der Waals surface area (Å²) >= 11 is 0. The normalized spacial score (nSPS) is 20.7. The number of hydrogen-bond donors (Lipinski definition) is 1. The quantitative estimate of drug-likeness (QED) is 0.910. The molecule has 3 rings (SSSR count). The van der Waals surface area contributed by atoms with Crippen molar-refractivity contribution in [1.29, 1.82) is 0 Å². The Morgan fingerprint density at radius 1 is 1.47 bits per heavy atom. The van der Waals surface area contributed by atoms with E-state index >= 15 is 0 Å². The van der Waals surface area contributed by atoms with E-state index in [0.717, 1.165) is 37.3 Å². The summed E-state index contributed by atoms with van der Waals surface area (Å²) in [7, 11) is 0. The number of carbonyl (C=O) groups is 1. The standard InChI is InChI=1S/C14H17N3O2/c18-14(19)11-4-3-6-16(9-11)10-12-8-15-13-5-1-2-7-17(12)13/h1-2,5,7-8,11H,3-4,6,9-10H2,(H,18,19)/t11-/m1/s1. The van der Waals surface area contributed by atoms with Gasteiger partial charge in [0, 0.05) is 19.3 Å². The molecule has 0 aromatic carbocycles. The van der Waals surface area contributed by atoms with E-state index in [2.05, 4.69) is 14.3 Å². The Kier molecular flexibility index (Phi) is 3.21. The van der Waals surface area contributed by atoms with E-state index in [1.807, 2.05) is 30.6 Å². The smallest absolute Gasteiger partial charge is 0.307 e. The summed E-state index contributed by atoms with van der Waals surface area (Å²) in [4.78, 5) is 17.6. The number of pyridine rings is 1. The van der Waals surface area contributed by atoms with Crippen LogP contribution in [0, 0.1) is 5.92 Å². The predicted octanol–water partition coefficient (Wildman–Crippen LogP) is 1.63. The first-order valence-electron chi connectivity index (χ1n) is 6.60. The van der Waals surface area contributed by atoms with Gasteiger partial charge in [-0.05, 0) is 31.5 Å². The molecule has 0 spiro atoms. The van der Waals surface area contributed by atoms with Crippen LogP contribution in [-0.4, -0.2) is 38.4 Å². The average molecular weight is 259 g/mol. The molecule has 3 heterocycles. The summed E-state index contributed by atoms with van der Waals surface area (Å²) in [5.41, 5.74) is 2.05. The van der Waals surface area contributed by atoms with E-state index in [0.29, 0.717) is 6.54 Å². The first-order valence-corrected chi connectivity index (χ1v) is 6.60. The number of carboxylic acid groups (broad SMARTS) is 1. The molecule has 0 radical (unpaired) electrons. The van der Waals surface area contributed by atoms with Crippen LogP contribution in [0.2, 0.25) is 0 Å². The van der Waals surface area contributed by atoms with Gasteiger partial charge < -0.3 is 9.51 Å². The van der Waals surface area contributed by atoms with Crippen molar-refractivity contribution in [3.05, 3.63) is 36.3 Å². The van der Waals surface area contributed by atoms with Gasteiger partial charge in [0.2, 0.25) is 0 Å². The molecule has 0 amide bonds. The molecule has 0 saturated carbocycles. The highest BCUT2D eigenvalue weighted by atomic mass is 16.4. The number of imidazole rings is 1. The number of fused-ring (bicyclic) bond motifs is 1. The van der Waals surface area contributed by atoms with Gasteiger partial charge in [0.1, 0.15) is 5.65 Å². The minimum absolute atomic E-state index is 0.229. The van der Waals surface area contributed by atoms with Crippen LogP contribution in [0.3, 0.4) is 0 Å². The Morgan fingerprint density at radius 3 is 3.21 bits per heavy atom. The third-order valence-corrected chi connectivity index (χ3v) is 3.73. The van der Waals surface area contributed by atoms with E-state index in [1.54, 1.807) is 0 Å². The number of aliphatic carboxylic acids is 1. The molecule has 1 atom stereocenters. The van der Waals surface area contributed by atoms with Crippen molar-refractivity contribution in [2.24, 2.45) is 5.92 Å². The molecular formula is C14H17N3O2. The zero-order valence-corrected chi connectivity index (χ0v) is 10.7. The van der Waals surface area contributed by atoms with Gasteiger partial charge >= 0.3 is 5.97 Å². The minimum atomic E-state index is -0.678. The second-order valence-corrected chi connectivity index (χ2v) is 5.09. The highest BCUT2D eigenvalue weighted by Gasteiger charge is 2.25. The van der Waals surface area contributed by atoms with Gasteiger partial charge in [0.05, 0.1) is 17.8 Å². The molecule has 0 aliphatic carbocycles. The molecule has 19 heavy (non-hydrogen) atoms. The molecule has 5 heteroatoms. The highest BCUT2D eigenvalue weighted by Crippen LogP contribution is 2.19. The van der Waals surface area contributed by atoms with Gasteiger partial charge in [0.15, 0.2) is 0 Å². The third-order valence-electron chi connectivity index (χ3n) is 3.73. The Labute approximate surface area is 111 Å². The summed E-state index contributed by atoms with van der Waals surface area (Å²) in [6.45, 7) is 2.36. The Hall–Kier alpha value is -1.88. The molecule has 2 aromatic rings. The third kappa shape index (κ3) is 2.46. The molecule has 2 aromatic heterocycles. The minimum Gasteiger partial charge on any atom is -0.481 e. The summed E-state index contributed by atoms with van der Waals surface area (Å²) in [5.74, 6) is -0.907. The molecule has 1 fully saturated rings. The lowest BCUT2D eigenvalue weighted by Crippen LogP contribution is -2.38. The molecule has 100 valence electrons. The summed E-state index contributed by atoms with van der Waals surface area (Å²) < 4.78 is 2.06. The lowest BCUT2D eigenvalue weighted by molar-refractivity contribution is -0.143. The summed E-state index contributed by atoms with van der Waals surface area (Å²) in [6.07, 6.45) is 5.61. The van der Waals surface area contributed by atoms with Gasteiger partial charge in [-0.1, -0.05) is 6.07 Å². The van der Waals surface area contributed by atoms with Crippen LogP contribution < -0.4 is 0 Å². The second kappa shape index (κ2) is 5.01. The highest BCUT2D eigenvalue weighted by molar-refractivity contribution is 5.70. The molecule has 0 unspecified atom stereocenters. The van der Waals surface area contributed by atoms with Crippen LogP contribution >= 0.6 is 0 Å². The first-order chi connectivity index (χ1) is 9.24. The first kappa shape index (κ1) is 12.2. The zero-order chi connectivity index (χ0) is 13.2. The number of hydrogen-bond acceptors (Lipinski definition) is 3. The molecule has 0 bridgehead atoms. The Balaban J connectivity index is 1.76. The van der Waals surface area contributed by atoms with Crippen molar-refractivity contribution in [2.45, 2.75) is 19.4 Å². The maximum Gasteiger partial charge on any atom is 0.307 e. The summed E-state index contributed by atoms with van der Waals surface area (Å²) in [5, 5.41) is 9.11. The van der Waals surface area contributed by atoms with Gasteiger partial charge in [-0.15, -0.1) is 0 Å². The maximum atomic E-state index is 11.1. The van der Waals surface area contributed by atoms with Crippen molar-refractivity contribution in [2.75, 3.05) is 13.1 Å². The molecule has 5 nitrogen and oxygen atoms in total. The van der Waals surface area contributed by atoms with Gasteiger partial charge in [0.25, 0.3) is 0 Å². The largest absolute Gasteiger partial charge is 0.481 e. The van der Waals surface area contributed by atoms with Crippen molar-refractivity contribution >= 4 is 11.6 Å². The van der Waals surface area contributed by atoms with Crippen LogP contribution in [-0.2, 0) is 11.3 Å². The number of rotatable bonds is 3. The van der Waals surface area contributed by atoms with E-state index in [4.69, 9.17) is 5.11 Å². The van der Waals surface area contributed by atoms with Crippen molar-refractivity contribution in [3.8, 4) is 0 Å². The number of piperidine rings is 1. The molecule has 1 aliphatic heterocycles. The number of nitrogens with zero attached hydrogens (tertiary/aromatic N) is 3. The topological polar surface area (TPSA) is 57.8 Å². The molecule has 1 N–H and O–H groups in total. The SMILES string of the molecule is O=C(O)[C@@H]1CCCN(Cc2cnc3ccccn23)C1. The van der Waals surface area contributed by atoms with Gasteiger partial charge in [-0.25, -0.2) is 4.98 Å². The van der Waals surface area contributed by atoms with Crippen LogP contribution in [0.4, 0.5) is 0 Å². The fraction of sp³-hybridized carbons (Fsp3) is 0.429. The summed E-state index contributed by atoms with van der Waals surface area (Å²) in [6, 6.07) is 5.92. The lowest BCUT2D eigenvalue weighted by Gasteiger charge is -2.30. The maximum absolute atomic E-state index is 11.1. The molecule has 1 saturated heterocycles. The number of aromatic nitrogens is 2. The Bertz CT molecular complexity index is 593. The van der Waals surface area contributed by atoms with E-state index < -0.39 is 5.97 Å². The predicted molar refractivity (Wildman–Crippen MR) is 70.8 cm³/mol. The van der Waals surface area contributed by atoms with E-state index in [1.165, 1.54) is 0 Å². The van der Waals surface area contributed by atoms with Crippen LogP contribution in [0.25, 0.3) is 5.65 Å². The lowest BCUT2D eigenvalue weighted by atomic mass is 9.98. The number of carboxylic acids is 1. The van der Waals surface area contributed by atoms with Gasteiger partial charge in [-0.3, -0.25) is 9.69 Å². The Morgan fingerprint density at radius 2 is 2.37 bits per heavy atom. The number of likely N-dealkylation sites (tertiary alicyclic amines) is 1. The average Bonchev–Trinajstić information content (AvgIpc) is 2.83. The van der Waals surface area contributed by atoms with Gasteiger partial charge in [-0.2, -0.15) is 0 Å². The molecule has 1 aliphatic rings. The van der Waals surface area contributed by atoms with Crippen molar-refractivity contribution in [1.82, 2.24) is 14.3 Å². The van der Waals surface area contributed by atoms with E-state index in [-0.39, 0.29) is 5.92 Å². The van der Waals surface area contributed by atoms with E-state index in [9.17, 15) is 4.79 Å². The monoisotopic (exact) mass is 259 g/mol. The van der Waals surface area contributed by atoms with Crippen LogP contribution in [0.15, 0.2) is 30.6 Å². The zero-order valence-electron chi connectivity index (χ0n) is 10.7. The van der Waals surface area contributed by atoms with Crippen molar-refractivity contribution in [3.63, 3.8) is 0 Å². The fourth-order valence-electron chi connectivity index (χ4n) is 2.73. The second-order valence-electron chi connectivity index (χ2n) is 5.09.